The molecule has 2 atom stereocenters. The quantitative estimate of drug-likeness (QED) is 0.509. The summed E-state index contributed by atoms with van der Waals surface area (Å²) < 4.78 is 0. The Bertz CT molecular complexity index is 259. The van der Waals surface area contributed by atoms with Gasteiger partial charge in [-0.05, 0) is 25.8 Å². The Morgan fingerprint density at radius 3 is 2.58 bits per heavy atom. The number of unbranched alkanes of at least 4 members (excludes halogenated alkanes) is 3. The van der Waals surface area contributed by atoms with Crippen LogP contribution in [-0.2, 0) is 0 Å². The van der Waals surface area contributed by atoms with E-state index in [1.165, 1.54) is 64.8 Å². The van der Waals surface area contributed by atoms with Gasteiger partial charge in [-0.3, -0.25) is 9.80 Å². The van der Waals surface area contributed by atoms with Gasteiger partial charge in [0.05, 0.1) is 0 Å². The van der Waals surface area contributed by atoms with E-state index in [1.54, 1.807) is 0 Å². The van der Waals surface area contributed by atoms with Crippen molar-refractivity contribution in [1.29, 1.82) is 0 Å². The first kappa shape index (κ1) is 15.0. The fraction of sp³-hybridized carbons (Fsp3) is 0.875. The second-order valence-corrected chi connectivity index (χ2v) is 5.99. The monoisotopic (exact) mass is 265 g/mol. The number of nitrogens with zero attached hydrogens (tertiary/aromatic N) is 2. The van der Waals surface area contributed by atoms with Gasteiger partial charge in [0.2, 0.25) is 0 Å². The standard InChI is InChI=1S/C16H31N3/c1-3-5-6-7-8-9-15(17-4-2)16-14-18-10-12-19(16)13-11-18/h3,15-17H,1,4-14H2,2H3. The van der Waals surface area contributed by atoms with Crippen molar-refractivity contribution in [3.05, 3.63) is 12.7 Å². The van der Waals surface area contributed by atoms with Crippen LogP contribution in [0.3, 0.4) is 0 Å². The molecule has 0 aromatic carbocycles. The van der Waals surface area contributed by atoms with Crippen LogP contribution in [0.1, 0.15) is 39.0 Å². The minimum atomic E-state index is 0.692. The highest BCUT2D eigenvalue weighted by Gasteiger charge is 2.35. The molecule has 19 heavy (non-hydrogen) atoms. The summed E-state index contributed by atoms with van der Waals surface area (Å²) in [5.41, 5.74) is 0. The fourth-order valence-corrected chi connectivity index (χ4v) is 3.56. The van der Waals surface area contributed by atoms with E-state index in [9.17, 15) is 0 Å². The lowest BCUT2D eigenvalue weighted by Crippen LogP contribution is -2.66. The molecule has 3 aliphatic heterocycles. The van der Waals surface area contributed by atoms with Crippen LogP contribution in [0.4, 0.5) is 0 Å². The minimum absolute atomic E-state index is 0.692. The van der Waals surface area contributed by atoms with Crippen LogP contribution in [0.25, 0.3) is 0 Å². The Morgan fingerprint density at radius 2 is 2.00 bits per heavy atom. The molecule has 110 valence electrons. The van der Waals surface area contributed by atoms with Gasteiger partial charge >= 0.3 is 0 Å². The Labute approximate surface area is 119 Å². The van der Waals surface area contributed by atoms with Crippen molar-refractivity contribution in [3.63, 3.8) is 0 Å². The smallest absolute Gasteiger partial charge is 0.0377 e. The number of nitrogens with one attached hydrogen (secondary N) is 1. The van der Waals surface area contributed by atoms with E-state index < -0.39 is 0 Å². The first-order valence-electron chi connectivity index (χ1n) is 8.15. The number of fused-ring (bicyclic) bond motifs is 3. The lowest BCUT2D eigenvalue weighted by molar-refractivity contribution is -0.00456. The lowest BCUT2D eigenvalue weighted by Gasteiger charge is -2.50. The predicted octanol–water partition coefficient (Wildman–Crippen LogP) is 2.10. The van der Waals surface area contributed by atoms with Crippen molar-refractivity contribution >= 4 is 0 Å². The topological polar surface area (TPSA) is 18.5 Å². The Morgan fingerprint density at radius 1 is 1.21 bits per heavy atom. The van der Waals surface area contributed by atoms with Crippen LogP contribution < -0.4 is 5.32 Å². The van der Waals surface area contributed by atoms with Crippen LogP contribution in [0.15, 0.2) is 12.7 Å². The number of likely N-dealkylation sites (N-methyl/N-ethyl adjacent to an activating group) is 1. The molecule has 0 aromatic rings. The summed E-state index contributed by atoms with van der Waals surface area (Å²) in [7, 11) is 0. The maximum absolute atomic E-state index is 3.80. The molecule has 3 rings (SSSR count). The molecule has 0 aliphatic carbocycles. The normalized spacial score (nSPS) is 31.3. The summed E-state index contributed by atoms with van der Waals surface area (Å²) in [5.74, 6) is 0. The van der Waals surface area contributed by atoms with Crippen LogP contribution in [0.2, 0.25) is 0 Å². The third kappa shape index (κ3) is 4.30. The Kier molecular flexibility index (Phi) is 6.35. The number of allylic oxidation sites excluding steroid dienone is 1. The van der Waals surface area contributed by atoms with Crippen molar-refractivity contribution in [2.24, 2.45) is 0 Å². The first-order chi connectivity index (χ1) is 9.35. The molecule has 3 heterocycles. The molecule has 3 heteroatoms. The highest BCUT2D eigenvalue weighted by molar-refractivity contribution is 4.94. The second kappa shape index (κ2) is 8.03. The molecule has 0 saturated carbocycles. The van der Waals surface area contributed by atoms with E-state index in [1.807, 2.05) is 6.08 Å². The summed E-state index contributed by atoms with van der Waals surface area (Å²) in [6.45, 7) is 13.6. The zero-order chi connectivity index (χ0) is 13.5. The van der Waals surface area contributed by atoms with Gasteiger partial charge in [0.15, 0.2) is 0 Å². The molecular weight excluding hydrogens is 234 g/mol. The van der Waals surface area contributed by atoms with Gasteiger partial charge in [-0.1, -0.05) is 25.8 Å². The van der Waals surface area contributed by atoms with Gasteiger partial charge in [-0.2, -0.15) is 0 Å². The summed E-state index contributed by atoms with van der Waals surface area (Å²) >= 11 is 0. The molecule has 3 fully saturated rings. The predicted molar refractivity (Wildman–Crippen MR) is 82.5 cm³/mol. The zero-order valence-electron chi connectivity index (χ0n) is 12.6. The Balaban J connectivity index is 1.76. The average Bonchev–Trinajstić information content (AvgIpc) is 2.47. The molecule has 0 amide bonds. The van der Waals surface area contributed by atoms with E-state index in [4.69, 9.17) is 0 Å². The van der Waals surface area contributed by atoms with Crippen molar-refractivity contribution in [3.8, 4) is 0 Å². The van der Waals surface area contributed by atoms with Crippen LogP contribution in [0.5, 0.6) is 0 Å². The van der Waals surface area contributed by atoms with E-state index in [0.29, 0.717) is 6.04 Å². The fourth-order valence-electron chi connectivity index (χ4n) is 3.56. The third-order valence-electron chi connectivity index (χ3n) is 4.68. The lowest BCUT2D eigenvalue weighted by atomic mass is 9.95. The molecule has 0 radical (unpaired) electrons. The van der Waals surface area contributed by atoms with E-state index >= 15 is 0 Å². The summed E-state index contributed by atoms with van der Waals surface area (Å²) in [6, 6.07) is 1.44. The van der Waals surface area contributed by atoms with Gasteiger partial charge < -0.3 is 5.32 Å². The van der Waals surface area contributed by atoms with E-state index in [2.05, 4.69) is 28.6 Å². The molecule has 3 saturated heterocycles. The maximum atomic E-state index is 3.80. The molecule has 0 aromatic heterocycles. The van der Waals surface area contributed by atoms with Crippen molar-refractivity contribution in [1.82, 2.24) is 15.1 Å². The third-order valence-corrected chi connectivity index (χ3v) is 4.68. The van der Waals surface area contributed by atoms with Crippen LogP contribution in [-0.4, -0.2) is 61.2 Å². The van der Waals surface area contributed by atoms with Crippen molar-refractivity contribution < 1.29 is 0 Å². The largest absolute Gasteiger partial charge is 0.313 e. The molecule has 3 nitrogen and oxygen atoms in total. The molecule has 1 N–H and O–H groups in total. The highest BCUT2D eigenvalue weighted by Crippen LogP contribution is 2.21. The molecule has 2 bridgehead atoms. The Hall–Kier alpha value is -0.380. The molecule has 0 spiro atoms. The summed E-state index contributed by atoms with van der Waals surface area (Å²) in [4.78, 5) is 5.36. The van der Waals surface area contributed by atoms with Crippen molar-refractivity contribution in [2.45, 2.75) is 51.1 Å². The van der Waals surface area contributed by atoms with Gasteiger partial charge in [0.25, 0.3) is 0 Å². The highest BCUT2D eigenvalue weighted by atomic mass is 15.4. The van der Waals surface area contributed by atoms with Crippen molar-refractivity contribution in [2.75, 3.05) is 39.3 Å². The summed E-state index contributed by atoms with van der Waals surface area (Å²) in [5, 5.41) is 3.74. The second-order valence-electron chi connectivity index (χ2n) is 5.99. The SMILES string of the molecule is C=CCCCCCC(NCC)C1CN2CCN1CC2. The maximum Gasteiger partial charge on any atom is 0.0377 e. The molecular formula is C16H31N3. The van der Waals surface area contributed by atoms with Gasteiger partial charge in [-0.25, -0.2) is 0 Å². The minimum Gasteiger partial charge on any atom is -0.313 e. The van der Waals surface area contributed by atoms with E-state index in [0.717, 1.165) is 12.6 Å². The zero-order valence-corrected chi connectivity index (χ0v) is 12.6. The molecule has 3 aliphatic rings. The van der Waals surface area contributed by atoms with E-state index in [-0.39, 0.29) is 0 Å². The summed E-state index contributed by atoms with van der Waals surface area (Å²) in [6.07, 6.45) is 8.57. The number of rotatable bonds is 9. The first-order valence-corrected chi connectivity index (χ1v) is 8.15. The van der Waals surface area contributed by atoms with Gasteiger partial charge in [0, 0.05) is 44.8 Å². The van der Waals surface area contributed by atoms with Gasteiger partial charge in [-0.15, -0.1) is 6.58 Å². The average molecular weight is 265 g/mol. The number of hydrogen-bond acceptors (Lipinski definition) is 3. The number of piperazine rings is 3. The van der Waals surface area contributed by atoms with Crippen LogP contribution in [0, 0.1) is 0 Å². The van der Waals surface area contributed by atoms with Crippen LogP contribution >= 0.6 is 0 Å². The molecule has 2 unspecified atom stereocenters. The number of hydrogen-bond donors (Lipinski definition) is 1. The van der Waals surface area contributed by atoms with Gasteiger partial charge in [0.1, 0.15) is 0 Å².